The second-order valence-corrected chi connectivity index (χ2v) is 7.76. The van der Waals surface area contributed by atoms with Gasteiger partial charge in [0.05, 0.1) is 23.8 Å². The Morgan fingerprint density at radius 1 is 1.25 bits per heavy atom. The summed E-state index contributed by atoms with van der Waals surface area (Å²) in [4.78, 5) is 25.6. The molecule has 28 heavy (non-hydrogen) atoms. The SMILES string of the molecule is N#CCc1ccc(NC(=O)COC(=O)C2=CN3CCS(=O)(=O)N=C3C=C2)cc1. The van der Waals surface area contributed by atoms with Crippen LogP contribution in [-0.2, 0) is 30.8 Å². The smallest absolute Gasteiger partial charge is 0.340 e. The van der Waals surface area contributed by atoms with Gasteiger partial charge in [-0.05, 0) is 29.8 Å². The number of hydrogen-bond acceptors (Lipinski definition) is 7. The highest BCUT2D eigenvalue weighted by Gasteiger charge is 2.25. The molecular weight excluding hydrogens is 384 g/mol. The van der Waals surface area contributed by atoms with Crippen molar-refractivity contribution in [1.82, 2.24) is 4.90 Å². The number of amides is 1. The van der Waals surface area contributed by atoms with E-state index in [2.05, 4.69) is 9.71 Å². The Bertz CT molecular complexity index is 1030. The Labute approximate surface area is 161 Å². The molecule has 0 saturated carbocycles. The van der Waals surface area contributed by atoms with E-state index in [0.29, 0.717) is 5.69 Å². The van der Waals surface area contributed by atoms with Gasteiger partial charge in [-0.1, -0.05) is 12.1 Å². The highest BCUT2D eigenvalue weighted by atomic mass is 32.2. The first kappa shape index (κ1) is 19.3. The highest BCUT2D eigenvalue weighted by molar-refractivity contribution is 7.90. The summed E-state index contributed by atoms with van der Waals surface area (Å²) in [6, 6.07) is 8.79. The van der Waals surface area contributed by atoms with Gasteiger partial charge in [0.2, 0.25) is 0 Å². The predicted octanol–water partition coefficient (Wildman–Crippen LogP) is 0.732. The first-order valence-electron chi connectivity index (χ1n) is 8.28. The topological polar surface area (TPSA) is 129 Å². The molecule has 1 N–H and O–H groups in total. The Morgan fingerprint density at radius 3 is 2.71 bits per heavy atom. The van der Waals surface area contributed by atoms with Gasteiger partial charge < -0.3 is 15.0 Å². The molecule has 0 atom stereocenters. The fourth-order valence-corrected chi connectivity index (χ4v) is 3.50. The number of fused-ring (bicyclic) bond motifs is 1. The van der Waals surface area contributed by atoms with Crippen LogP contribution in [0, 0.1) is 11.3 Å². The van der Waals surface area contributed by atoms with Crippen molar-refractivity contribution in [3.05, 3.63) is 53.8 Å². The van der Waals surface area contributed by atoms with E-state index in [4.69, 9.17) is 10.00 Å². The molecule has 0 aliphatic carbocycles. The van der Waals surface area contributed by atoms with Crippen molar-refractivity contribution in [3.8, 4) is 6.07 Å². The van der Waals surface area contributed by atoms with Crippen LogP contribution in [-0.4, -0.2) is 49.9 Å². The molecule has 2 aliphatic rings. The van der Waals surface area contributed by atoms with E-state index in [9.17, 15) is 18.0 Å². The minimum atomic E-state index is -3.47. The van der Waals surface area contributed by atoms with Crippen LogP contribution in [0.5, 0.6) is 0 Å². The van der Waals surface area contributed by atoms with Crippen molar-refractivity contribution in [2.75, 3.05) is 24.2 Å². The van der Waals surface area contributed by atoms with Gasteiger partial charge in [-0.15, -0.1) is 4.40 Å². The molecule has 2 aliphatic heterocycles. The third-order valence-electron chi connectivity index (χ3n) is 3.91. The molecule has 10 heteroatoms. The molecule has 0 saturated heterocycles. The zero-order valence-corrected chi connectivity index (χ0v) is 15.5. The molecule has 0 radical (unpaired) electrons. The summed E-state index contributed by atoms with van der Waals surface area (Å²) in [6.45, 7) is -0.288. The predicted molar refractivity (Wildman–Crippen MR) is 100 cm³/mol. The number of benzene rings is 1. The van der Waals surface area contributed by atoms with Crippen molar-refractivity contribution in [3.63, 3.8) is 0 Å². The number of ether oxygens (including phenoxy) is 1. The number of carbonyl (C=O) groups is 2. The zero-order valence-electron chi connectivity index (χ0n) is 14.7. The summed E-state index contributed by atoms with van der Waals surface area (Å²) in [5.74, 6) is -1.12. The van der Waals surface area contributed by atoms with E-state index in [1.807, 2.05) is 6.07 Å². The van der Waals surface area contributed by atoms with Crippen molar-refractivity contribution in [1.29, 1.82) is 5.26 Å². The summed E-state index contributed by atoms with van der Waals surface area (Å²) in [5, 5.41) is 11.2. The van der Waals surface area contributed by atoms with Crippen LogP contribution in [0.1, 0.15) is 5.56 Å². The molecule has 0 unspecified atom stereocenters. The minimum absolute atomic E-state index is 0.140. The molecular formula is C18H16N4O5S. The van der Waals surface area contributed by atoms with Crippen LogP contribution in [0.15, 0.2) is 52.6 Å². The lowest BCUT2D eigenvalue weighted by atomic mass is 10.1. The van der Waals surface area contributed by atoms with Crippen LogP contribution < -0.4 is 5.32 Å². The second-order valence-electron chi connectivity index (χ2n) is 6.00. The van der Waals surface area contributed by atoms with Crippen LogP contribution in [0.2, 0.25) is 0 Å². The Morgan fingerprint density at radius 2 is 2.00 bits per heavy atom. The first-order valence-corrected chi connectivity index (χ1v) is 9.89. The van der Waals surface area contributed by atoms with E-state index < -0.39 is 28.5 Å². The molecule has 1 amide bonds. The normalized spacial score (nSPS) is 16.9. The number of rotatable bonds is 5. The van der Waals surface area contributed by atoms with E-state index in [0.717, 1.165) is 5.56 Å². The Balaban J connectivity index is 1.53. The summed E-state index contributed by atoms with van der Waals surface area (Å²) in [5.41, 5.74) is 1.54. The van der Waals surface area contributed by atoms with E-state index in [1.165, 1.54) is 18.4 Å². The van der Waals surface area contributed by atoms with Crippen LogP contribution in [0.25, 0.3) is 0 Å². The molecule has 1 aromatic rings. The number of esters is 1. The number of sulfonamides is 1. The number of nitrogens with one attached hydrogen (secondary N) is 1. The van der Waals surface area contributed by atoms with Crippen molar-refractivity contribution in [2.24, 2.45) is 4.40 Å². The van der Waals surface area contributed by atoms with E-state index in [1.54, 1.807) is 29.2 Å². The molecule has 9 nitrogen and oxygen atoms in total. The summed E-state index contributed by atoms with van der Waals surface area (Å²) in [7, 11) is -3.47. The molecule has 0 spiro atoms. The lowest BCUT2D eigenvalue weighted by Crippen LogP contribution is -2.37. The largest absolute Gasteiger partial charge is 0.452 e. The number of nitrogens with zero attached hydrogens (tertiary/aromatic N) is 3. The van der Waals surface area contributed by atoms with Crippen molar-refractivity contribution >= 4 is 33.4 Å². The van der Waals surface area contributed by atoms with Crippen molar-refractivity contribution < 1.29 is 22.7 Å². The standard InChI is InChI=1S/C18H16N4O5S/c19-8-7-13-1-4-15(5-2-13)20-17(23)12-27-18(24)14-3-6-16-21-28(25,26)10-9-22(16)11-14/h1-6,11H,7,9-10,12H2,(H,20,23). The van der Waals surface area contributed by atoms with Gasteiger partial charge in [0, 0.05) is 18.4 Å². The summed E-state index contributed by atoms with van der Waals surface area (Å²) < 4.78 is 31.6. The number of hydrogen-bond donors (Lipinski definition) is 1. The monoisotopic (exact) mass is 400 g/mol. The van der Waals surface area contributed by atoms with E-state index in [-0.39, 0.29) is 30.1 Å². The van der Waals surface area contributed by atoms with E-state index >= 15 is 0 Å². The lowest BCUT2D eigenvalue weighted by Gasteiger charge is -2.26. The number of anilines is 1. The van der Waals surface area contributed by atoms with Gasteiger partial charge in [-0.3, -0.25) is 4.79 Å². The molecule has 0 bridgehead atoms. The molecule has 144 valence electrons. The quantitative estimate of drug-likeness (QED) is 0.721. The first-order chi connectivity index (χ1) is 13.4. The van der Waals surface area contributed by atoms with Gasteiger partial charge in [-0.25, -0.2) is 13.2 Å². The maximum Gasteiger partial charge on any atom is 0.340 e. The summed E-state index contributed by atoms with van der Waals surface area (Å²) in [6.07, 6.45) is 4.53. The third kappa shape index (κ3) is 4.83. The van der Waals surface area contributed by atoms with Gasteiger partial charge in [-0.2, -0.15) is 5.26 Å². The van der Waals surface area contributed by atoms with Gasteiger partial charge in [0.1, 0.15) is 5.84 Å². The molecule has 2 heterocycles. The average molecular weight is 400 g/mol. The van der Waals surface area contributed by atoms with Crippen LogP contribution >= 0.6 is 0 Å². The molecule has 3 rings (SSSR count). The summed E-state index contributed by atoms with van der Waals surface area (Å²) >= 11 is 0. The lowest BCUT2D eigenvalue weighted by molar-refractivity contribution is -0.143. The maximum absolute atomic E-state index is 12.1. The number of carbonyl (C=O) groups excluding carboxylic acids is 2. The van der Waals surface area contributed by atoms with Gasteiger partial charge in [0.15, 0.2) is 6.61 Å². The average Bonchev–Trinajstić information content (AvgIpc) is 2.67. The third-order valence-corrected chi connectivity index (χ3v) is 5.08. The van der Waals surface area contributed by atoms with Gasteiger partial charge in [0.25, 0.3) is 15.9 Å². The fraction of sp³-hybridized carbons (Fsp3) is 0.222. The zero-order chi connectivity index (χ0) is 20.1. The fourth-order valence-electron chi connectivity index (χ4n) is 2.53. The Kier molecular flexibility index (Phi) is 5.56. The van der Waals surface area contributed by atoms with Crippen LogP contribution in [0.4, 0.5) is 5.69 Å². The molecule has 0 aromatic heterocycles. The number of amidine groups is 1. The molecule has 0 fully saturated rings. The minimum Gasteiger partial charge on any atom is -0.452 e. The maximum atomic E-state index is 12.1. The number of nitriles is 1. The molecule has 1 aromatic carbocycles. The second kappa shape index (κ2) is 8.06. The Hall–Kier alpha value is -3.45. The van der Waals surface area contributed by atoms with Crippen molar-refractivity contribution in [2.45, 2.75) is 6.42 Å². The highest BCUT2D eigenvalue weighted by Crippen LogP contribution is 2.16. The van der Waals surface area contributed by atoms with Crippen LogP contribution in [0.3, 0.4) is 0 Å². The van der Waals surface area contributed by atoms with Gasteiger partial charge >= 0.3 is 5.97 Å².